The Hall–Kier alpha value is -0.740. The molecule has 0 aliphatic heterocycles. The number of H-pyrrole nitrogens is 1. The molecule has 1 N–H and O–H groups in total. The maximum atomic E-state index is 5.55. The molecule has 3 rings (SSSR count). The SMILES string of the molecule is CCSC1CCC(n2c(=S)[nH]c3c(C)cccc32)C1. The Morgan fingerprint density at radius 2 is 2.26 bits per heavy atom. The summed E-state index contributed by atoms with van der Waals surface area (Å²) >= 11 is 7.65. The Morgan fingerprint density at radius 3 is 3.05 bits per heavy atom. The van der Waals surface area contributed by atoms with Gasteiger partial charge in [-0.3, -0.25) is 0 Å². The molecule has 102 valence electrons. The summed E-state index contributed by atoms with van der Waals surface area (Å²) in [6.45, 7) is 4.39. The predicted octanol–water partition coefficient (Wildman–Crippen LogP) is 4.85. The molecule has 0 amide bonds. The number of aromatic nitrogens is 2. The van der Waals surface area contributed by atoms with Gasteiger partial charge in [0.25, 0.3) is 0 Å². The number of hydrogen-bond donors (Lipinski definition) is 1. The van der Waals surface area contributed by atoms with E-state index in [1.807, 2.05) is 0 Å². The highest BCUT2D eigenvalue weighted by Gasteiger charge is 2.27. The van der Waals surface area contributed by atoms with Crippen LogP contribution in [0.3, 0.4) is 0 Å². The first-order valence-electron chi connectivity index (χ1n) is 7.02. The zero-order valence-electron chi connectivity index (χ0n) is 11.5. The molecule has 1 aromatic carbocycles. The third kappa shape index (κ3) is 2.36. The maximum absolute atomic E-state index is 5.55. The summed E-state index contributed by atoms with van der Waals surface area (Å²) in [6.07, 6.45) is 3.84. The van der Waals surface area contributed by atoms with Crippen LogP contribution in [0.25, 0.3) is 11.0 Å². The lowest BCUT2D eigenvalue weighted by Crippen LogP contribution is -2.06. The van der Waals surface area contributed by atoms with Crippen molar-refractivity contribution in [3.05, 3.63) is 28.5 Å². The number of para-hydroxylation sites is 1. The van der Waals surface area contributed by atoms with E-state index in [2.05, 4.69) is 53.4 Å². The molecule has 2 atom stereocenters. The number of hydrogen-bond acceptors (Lipinski definition) is 2. The smallest absolute Gasteiger partial charge is 0.178 e. The molecule has 0 spiro atoms. The van der Waals surface area contributed by atoms with Crippen LogP contribution in [0.5, 0.6) is 0 Å². The van der Waals surface area contributed by atoms with Crippen molar-refractivity contribution >= 4 is 35.0 Å². The van der Waals surface area contributed by atoms with Crippen LogP contribution in [0.1, 0.15) is 37.8 Å². The number of aromatic amines is 1. The van der Waals surface area contributed by atoms with Crippen molar-refractivity contribution in [3.8, 4) is 0 Å². The molecular weight excluding hydrogens is 272 g/mol. The van der Waals surface area contributed by atoms with E-state index in [1.54, 1.807) is 0 Å². The summed E-state index contributed by atoms with van der Waals surface area (Å²) in [5, 5.41) is 0.812. The number of thioether (sulfide) groups is 1. The van der Waals surface area contributed by atoms with Crippen molar-refractivity contribution < 1.29 is 0 Å². The van der Waals surface area contributed by atoms with Crippen molar-refractivity contribution in [1.29, 1.82) is 0 Å². The molecule has 0 radical (unpaired) electrons. The van der Waals surface area contributed by atoms with Crippen molar-refractivity contribution in [2.45, 2.75) is 44.4 Å². The second-order valence-electron chi connectivity index (χ2n) is 5.31. The van der Waals surface area contributed by atoms with Gasteiger partial charge in [0.15, 0.2) is 4.77 Å². The van der Waals surface area contributed by atoms with Gasteiger partial charge < -0.3 is 9.55 Å². The third-order valence-electron chi connectivity index (χ3n) is 4.09. The Kier molecular flexibility index (Phi) is 3.72. The molecule has 0 bridgehead atoms. The largest absolute Gasteiger partial charge is 0.330 e. The lowest BCUT2D eigenvalue weighted by Gasteiger charge is -2.14. The molecule has 1 heterocycles. The van der Waals surface area contributed by atoms with Gasteiger partial charge in [-0.25, -0.2) is 0 Å². The number of fused-ring (bicyclic) bond motifs is 1. The normalized spacial score (nSPS) is 23.3. The van der Waals surface area contributed by atoms with Gasteiger partial charge in [-0.1, -0.05) is 19.1 Å². The van der Waals surface area contributed by atoms with Gasteiger partial charge in [-0.2, -0.15) is 11.8 Å². The number of aryl methyl sites for hydroxylation is 1. The summed E-state index contributed by atoms with van der Waals surface area (Å²) in [5.41, 5.74) is 3.76. The monoisotopic (exact) mass is 292 g/mol. The van der Waals surface area contributed by atoms with Gasteiger partial charge in [-0.05, 0) is 55.8 Å². The maximum Gasteiger partial charge on any atom is 0.178 e. The summed E-state index contributed by atoms with van der Waals surface area (Å²) in [5.74, 6) is 1.22. The van der Waals surface area contributed by atoms with Gasteiger partial charge in [0.05, 0.1) is 11.0 Å². The highest BCUT2D eigenvalue weighted by molar-refractivity contribution is 7.99. The van der Waals surface area contributed by atoms with Crippen molar-refractivity contribution in [3.63, 3.8) is 0 Å². The number of benzene rings is 1. The number of nitrogens with one attached hydrogen (secondary N) is 1. The molecule has 1 aromatic heterocycles. The predicted molar refractivity (Wildman–Crippen MR) is 86.7 cm³/mol. The molecule has 1 saturated carbocycles. The lowest BCUT2D eigenvalue weighted by molar-refractivity contribution is 0.527. The van der Waals surface area contributed by atoms with Crippen LogP contribution in [-0.4, -0.2) is 20.6 Å². The second kappa shape index (κ2) is 5.33. The fourth-order valence-electron chi connectivity index (χ4n) is 3.19. The van der Waals surface area contributed by atoms with Crippen LogP contribution in [0.4, 0.5) is 0 Å². The van der Waals surface area contributed by atoms with Crippen LogP contribution in [0.2, 0.25) is 0 Å². The highest BCUT2D eigenvalue weighted by Crippen LogP contribution is 2.38. The van der Waals surface area contributed by atoms with Crippen LogP contribution >= 0.6 is 24.0 Å². The second-order valence-corrected chi connectivity index (χ2v) is 7.28. The van der Waals surface area contributed by atoms with E-state index in [0.29, 0.717) is 6.04 Å². The van der Waals surface area contributed by atoms with Crippen molar-refractivity contribution in [2.24, 2.45) is 0 Å². The standard InChI is InChI=1S/C15H20N2S2/c1-3-19-12-8-7-11(9-12)17-13-6-4-5-10(2)14(13)16-15(17)18/h4-6,11-12H,3,7-9H2,1-2H3,(H,16,18). The molecule has 1 aliphatic rings. The topological polar surface area (TPSA) is 20.7 Å². The van der Waals surface area contributed by atoms with E-state index >= 15 is 0 Å². The van der Waals surface area contributed by atoms with Crippen LogP contribution in [-0.2, 0) is 0 Å². The Balaban J connectivity index is 2.00. The fraction of sp³-hybridized carbons (Fsp3) is 0.533. The number of imidazole rings is 1. The van der Waals surface area contributed by atoms with E-state index in [0.717, 1.165) is 10.0 Å². The molecule has 2 nitrogen and oxygen atoms in total. The molecule has 1 aliphatic carbocycles. The van der Waals surface area contributed by atoms with E-state index in [-0.39, 0.29) is 0 Å². The molecule has 19 heavy (non-hydrogen) atoms. The zero-order valence-corrected chi connectivity index (χ0v) is 13.1. The zero-order chi connectivity index (χ0) is 13.4. The number of rotatable bonds is 3. The molecule has 2 aromatic rings. The number of nitrogens with zero attached hydrogens (tertiary/aromatic N) is 1. The highest BCUT2D eigenvalue weighted by atomic mass is 32.2. The quantitative estimate of drug-likeness (QED) is 0.816. The van der Waals surface area contributed by atoms with Crippen molar-refractivity contribution in [1.82, 2.24) is 9.55 Å². The van der Waals surface area contributed by atoms with Crippen molar-refractivity contribution in [2.75, 3.05) is 5.75 Å². The first-order valence-corrected chi connectivity index (χ1v) is 8.48. The minimum atomic E-state index is 0.576. The Morgan fingerprint density at radius 1 is 1.42 bits per heavy atom. The summed E-state index contributed by atoms with van der Waals surface area (Å²) in [7, 11) is 0. The van der Waals surface area contributed by atoms with E-state index in [4.69, 9.17) is 12.2 Å². The van der Waals surface area contributed by atoms with Crippen LogP contribution in [0.15, 0.2) is 18.2 Å². The van der Waals surface area contributed by atoms with Gasteiger partial charge in [0.2, 0.25) is 0 Å². The molecule has 0 saturated heterocycles. The Bertz CT molecular complexity index is 641. The van der Waals surface area contributed by atoms with Gasteiger partial charge >= 0.3 is 0 Å². The average Bonchev–Trinajstić information content (AvgIpc) is 2.94. The molecule has 4 heteroatoms. The molecule has 1 fully saturated rings. The Labute approximate surface area is 123 Å². The summed E-state index contributed by atoms with van der Waals surface area (Å²) < 4.78 is 3.24. The van der Waals surface area contributed by atoms with E-state index < -0.39 is 0 Å². The first-order chi connectivity index (χ1) is 9.20. The molecule has 2 unspecified atom stereocenters. The van der Waals surface area contributed by atoms with Crippen LogP contribution < -0.4 is 0 Å². The lowest BCUT2D eigenvalue weighted by atomic mass is 10.2. The first kappa shape index (κ1) is 13.3. The summed E-state index contributed by atoms with van der Waals surface area (Å²) in [4.78, 5) is 3.39. The minimum absolute atomic E-state index is 0.576. The van der Waals surface area contributed by atoms with Gasteiger partial charge in [0, 0.05) is 11.3 Å². The summed E-state index contributed by atoms with van der Waals surface area (Å²) in [6, 6.07) is 7.04. The average molecular weight is 292 g/mol. The third-order valence-corrected chi connectivity index (χ3v) is 5.62. The van der Waals surface area contributed by atoms with E-state index in [1.165, 1.54) is 41.6 Å². The minimum Gasteiger partial charge on any atom is -0.330 e. The van der Waals surface area contributed by atoms with Gasteiger partial charge in [0.1, 0.15) is 0 Å². The molecular formula is C15H20N2S2. The van der Waals surface area contributed by atoms with Crippen LogP contribution in [0, 0.1) is 11.7 Å². The fourth-order valence-corrected chi connectivity index (χ4v) is 4.68. The van der Waals surface area contributed by atoms with Gasteiger partial charge in [-0.15, -0.1) is 0 Å². The van der Waals surface area contributed by atoms with E-state index in [9.17, 15) is 0 Å².